The van der Waals surface area contributed by atoms with E-state index >= 15 is 0 Å². The molecule has 2 saturated carbocycles. The van der Waals surface area contributed by atoms with Crippen LogP contribution >= 0.6 is 0 Å². The number of aliphatic carboxylic acids is 1. The molecule has 0 bridgehead atoms. The van der Waals surface area contributed by atoms with Gasteiger partial charge in [-0.15, -0.1) is 6.58 Å². The van der Waals surface area contributed by atoms with Crippen LogP contribution in [0, 0.1) is 11.8 Å². The Kier molecular flexibility index (Phi) is 3.50. The maximum atomic E-state index is 12.2. The van der Waals surface area contributed by atoms with Gasteiger partial charge in [0.15, 0.2) is 0 Å². The fraction of sp³-hybridized carbons (Fsp3) is 0.692. The lowest BCUT2D eigenvalue weighted by Crippen LogP contribution is -2.40. The van der Waals surface area contributed by atoms with Crippen LogP contribution in [0.25, 0.3) is 0 Å². The largest absolute Gasteiger partial charge is 0.481 e. The minimum absolute atomic E-state index is 0.0178. The Balaban J connectivity index is 1.98. The third-order valence-electron chi connectivity index (χ3n) is 3.80. The first-order valence-corrected chi connectivity index (χ1v) is 6.29. The van der Waals surface area contributed by atoms with Crippen molar-refractivity contribution in [1.82, 2.24) is 4.90 Å². The first-order chi connectivity index (χ1) is 8.15. The Labute approximate surface area is 101 Å². The Hall–Kier alpha value is -1.32. The van der Waals surface area contributed by atoms with Gasteiger partial charge in [-0.1, -0.05) is 18.9 Å². The highest BCUT2D eigenvalue weighted by atomic mass is 16.4. The van der Waals surface area contributed by atoms with Crippen LogP contribution in [0.4, 0.5) is 0 Å². The number of rotatable bonds is 5. The highest BCUT2D eigenvalue weighted by Gasteiger charge is 2.50. The highest BCUT2D eigenvalue weighted by molar-refractivity contribution is 5.89. The van der Waals surface area contributed by atoms with Crippen molar-refractivity contribution in [3.63, 3.8) is 0 Å². The molecule has 2 rings (SSSR count). The second kappa shape index (κ2) is 4.90. The Morgan fingerprint density at radius 2 is 1.94 bits per heavy atom. The molecule has 4 heteroatoms. The molecule has 0 radical (unpaired) electrons. The van der Waals surface area contributed by atoms with Crippen LogP contribution < -0.4 is 0 Å². The van der Waals surface area contributed by atoms with Gasteiger partial charge in [0.2, 0.25) is 5.91 Å². The van der Waals surface area contributed by atoms with Crippen LogP contribution in [-0.4, -0.2) is 34.5 Å². The van der Waals surface area contributed by atoms with Gasteiger partial charge in [0.25, 0.3) is 0 Å². The van der Waals surface area contributed by atoms with Crippen molar-refractivity contribution < 1.29 is 14.7 Å². The molecular weight excluding hydrogens is 218 g/mol. The molecule has 0 heterocycles. The molecule has 2 atom stereocenters. The molecule has 2 unspecified atom stereocenters. The Morgan fingerprint density at radius 1 is 1.29 bits per heavy atom. The van der Waals surface area contributed by atoms with Gasteiger partial charge < -0.3 is 10.0 Å². The lowest BCUT2D eigenvalue weighted by atomic mass is 10.1. The minimum atomic E-state index is -0.840. The van der Waals surface area contributed by atoms with E-state index in [4.69, 9.17) is 5.11 Å². The number of hydrogen-bond donors (Lipinski definition) is 1. The van der Waals surface area contributed by atoms with Gasteiger partial charge in [-0.2, -0.15) is 0 Å². The number of carboxylic acid groups (broad SMARTS) is 1. The van der Waals surface area contributed by atoms with Gasteiger partial charge in [-0.3, -0.25) is 9.59 Å². The summed E-state index contributed by atoms with van der Waals surface area (Å²) in [5, 5.41) is 8.86. The van der Waals surface area contributed by atoms with Crippen molar-refractivity contribution in [3.8, 4) is 0 Å². The van der Waals surface area contributed by atoms with Crippen molar-refractivity contribution >= 4 is 11.9 Å². The number of carbonyl (C=O) groups is 2. The summed E-state index contributed by atoms with van der Waals surface area (Å²) in [6.07, 6.45) is 6.66. The van der Waals surface area contributed by atoms with Crippen LogP contribution in [0.1, 0.15) is 32.1 Å². The molecule has 1 N–H and O–H groups in total. The van der Waals surface area contributed by atoms with Crippen LogP contribution in [-0.2, 0) is 9.59 Å². The zero-order valence-electron chi connectivity index (χ0n) is 9.97. The molecule has 1 amide bonds. The molecule has 0 aromatic carbocycles. The van der Waals surface area contributed by atoms with Crippen molar-refractivity contribution in [2.24, 2.45) is 11.8 Å². The summed E-state index contributed by atoms with van der Waals surface area (Å²) in [5.41, 5.74) is 0. The molecule has 2 fully saturated rings. The first kappa shape index (κ1) is 12.1. The topological polar surface area (TPSA) is 57.6 Å². The zero-order valence-corrected chi connectivity index (χ0v) is 9.97. The third kappa shape index (κ3) is 2.51. The second-order valence-electron chi connectivity index (χ2n) is 5.00. The number of carboxylic acids is 1. The molecular formula is C13H19NO3. The fourth-order valence-electron chi connectivity index (χ4n) is 2.73. The van der Waals surface area contributed by atoms with Gasteiger partial charge >= 0.3 is 5.97 Å². The molecule has 94 valence electrons. The molecule has 0 aromatic rings. The van der Waals surface area contributed by atoms with E-state index in [2.05, 4.69) is 6.58 Å². The van der Waals surface area contributed by atoms with Gasteiger partial charge in [0, 0.05) is 12.6 Å². The number of hydrogen-bond acceptors (Lipinski definition) is 2. The van der Waals surface area contributed by atoms with E-state index in [0.717, 1.165) is 12.8 Å². The smallest absolute Gasteiger partial charge is 0.307 e. The van der Waals surface area contributed by atoms with Gasteiger partial charge in [-0.05, 0) is 19.3 Å². The first-order valence-electron chi connectivity index (χ1n) is 6.29. The van der Waals surface area contributed by atoms with Gasteiger partial charge in [0.1, 0.15) is 0 Å². The third-order valence-corrected chi connectivity index (χ3v) is 3.80. The van der Waals surface area contributed by atoms with Crippen molar-refractivity contribution in [1.29, 1.82) is 0 Å². The fourth-order valence-corrected chi connectivity index (χ4v) is 2.73. The quantitative estimate of drug-likeness (QED) is 0.740. The maximum absolute atomic E-state index is 12.2. The summed E-state index contributed by atoms with van der Waals surface area (Å²) in [5.74, 6) is -1.55. The van der Waals surface area contributed by atoms with E-state index in [-0.39, 0.29) is 11.8 Å². The molecule has 2 aliphatic rings. The number of carbonyl (C=O) groups excluding carboxylic acids is 1. The van der Waals surface area contributed by atoms with Gasteiger partial charge in [0.05, 0.1) is 11.8 Å². The number of amides is 1. The summed E-state index contributed by atoms with van der Waals surface area (Å²) < 4.78 is 0. The minimum Gasteiger partial charge on any atom is -0.481 e. The van der Waals surface area contributed by atoms with E-state index in [9.17, 15) is 9.59 Å². The molecule has 0 spiro atoms. The van der Waals surface area contributed by atoms with E-state index in [1.54, 1.807) is 6.08 Å². The Bertz CT molecular complexity index is 334. The van der Waals surface area contributed by atoms with Crippen LogP contribution in [0.3, 0.4) is 0 Å². The van der Waals surface area contributed by atoms with Crippen LogP contribution in [0.2, 0.25) is 0 Å². The van der Waals surface area contributed by atoms with E-state index in [1.165, 1.54) is 12.8 Å². The van der Waals surface area contributed by atoms with Crippen molar-refractivity contribution in [3.05, 3.63) is 12.7 Å². The monoisotopic (exact) mass is 237 g/mol. The standard InChI is InChI=1S/C13H19NO3/c1-2-7-14(9-5-3-4-6-9)12(15)10-8-11(10)13(16)17/h2,9-11H,1,3-8H2,(H,16,17). The average Bonchev–Trinajstić information content (AvgIpc) is 2.94. The lowest BCUT2D eigenvalue weighted by molar-refractivity contribution is -0.142. The maximum Gasteiger partial charge on any atom is 0.307 e. The number of nitrogens with zero attached hydrogens (tertiary/aromatic N) is 1. The second-order valence-corrected chi connectivity index (χ2v) is 5.00. The van der Waals surface area contributed by atoms with E-state index in [1.807, 2.05) is 4.90 Å². The van der Waals surface area contributed by atoms with Crippen molar-refractivity contribution in [2.75, 3.05) is 6.54 Å². The predicted molar refractivity (Wildman–Crippen MR) is 63.4 cm³/mol. The summed E-state index contributed by atoms with van der Waals surface area (Å²) in [7, 11) is 0. The molecule has 4 nitrogen and oxygen atoms in total. The zero-order chi connectivity index (χ0) is 12.4. The predicted octanol–water partition coefficient (Wildman–Crippen LogP) is 1.66. The van der Waals surface area contributed by atoms with Crippen LogP contribution in [0.5, 0.6) is 0 Å². The summed E-state index contributed by atoms with van der Waals surface area (Å²) in [6, 6.07) is 0.301. The Morgan fingerprint density at radius 3 is 2.41 bits per heavy atom. The SMILES string of the molecule is C=CCN(C(=O)C1CC1C(=O)O)C1CCCC1. The van der Waals surface area contributed by atoms with E-state index in [0.29, 0.717) is 19.0 Å². The molecule has 2 aliphatic carbocycles. The molecule has 0 saturated heterocycles. The molecule has 0 aliphatic heterocycles. The average molecular weight is 237 g/mol. The van der Waals surface area contributed by atoms with Crippen LogP contribution in [0.15, 0.2) is 12.7 Å². The summed E-state index contributed by atoms with van der Waals surface area (Å²) in [4.78, 5) is 24.8. The lowest BCUT2D eigenvalue weighted by Gasteiger charge is -2.28. The normalized spacial score (nSPS) is 27.8. The van der Waals surface area contributed by atoms with Crippen molar-refractivity contribution in [2.45, 2.75) is 38.1 Å². The summed E-state index contributed by atoms with van der Waals surface area (Å²) in [6.45, 7) is 4.23. The van der Waals surface area contributed by atoms with E-state index < -0.39 is 11.9 Å². The van der Waals surface area contributed by atoms with Gasteiger partial charge in [-0.25, -0.2) is 0 Å². The highest BCUT2D eigenvalue weighted by Crippen LogP contribution is 2.41. The molecule has 0 aromatic heterocycles. The summed E-state index contributed by atoms with van der Waals surface area (Å²) >= 11 is 0. The molecule has 17 heavy (non-hydrogen) atoms.